The van der Waals surface area contributed by atoms with E-state index in [0.29, 0.717) is 23.9 Å². The molecule has 1 aromatic carbocycles. The summed E-state index contributed by atoms with van der Waals surface area (Å²) in [5, 5.41) is 5.25. The molecule has 1 aliphatic heterocycles. The van der Waals surface area contributed by atoms with Gasteiger partial charge in [-0.15, -0.1) is 0 Å². The first-order chi connectivity index (χ1) is 9.88. The lowest BCUT2D eigenvalue weighted by atomic mass is 9.94. The van der Waals surface area contributed by atoms with Crippen LogP contribution in [0.1, 0.15) is 33.3 Å². The van der Waals surface area contributed by atoms with E-state index in [-0.39, 0.29) is 0 Å². The molecule has 21 heavy (non-hydrogen) atoms. The SMILES string of the molecule is CC(C)C1CN(Cc2cc(Cl)ccc2Cl)C(C(C)C)CN1. The lowest BCUT2D eigenvalue weighted by Gasteiger charge is -2.44. The van der Waals surface area contributed by atoms with Crippen LogP contribution in [-0.4, -0.2) is 30.1 Å². The molecule has 1 fully saturated rings. The van der Waals surface area contributed by atoms with Crippen molar-refractivity contribution in [3.8, 4) is 0 Å². The lowest BCUT2D eigenvalue weighted by molar-refractivity contribution is 0.0784. The van der Waals surface area contributed by atoms with Gasteiger partial charge in [0.05, 0.1) is 0 Å². The van der Waals surface area contributed by atoms with Crippen molar-refractivity contribution in [2.45, 2.75) is 46.3 Å². The summed E-state index contributed by atoms with van der Waals surface area (Å²) in [7, 11) is 0. The monoisotopic (exact) mass is 328 g/mol. The number of nitrogens with zero attached hydrogens (tertiary/aromatic N) is 1. The van der Waals surface area contributed by atoms with Gasteiger partial charge in [0.25, 0.3) is 0 Å². The number of hydrogen-bond acceptors (Lipinski definition) is 2. The van der Waals surface area contributed by atoms with Crippen LogP contribution in [0.5, 0.6) is 0 Å². The van der Waals surface area contributed by atoms with E-state index in [4.69, 9.17) is 23.2 Å². The van der Waals surface area contributed by atoms with Crippen LogP contribution >= 0.6 is 23.2 Å². The zero-order valence-corrected chi connectivity index (χ0v) is 14.9. The third-order valence-electron chi connectivity index (χ3n) is 4.44. The molecule has 2 atom stereocenters. The summed E-state index contributed by atoms with van der Waals surface area (Å²) in [5.74, 6) is 1.25. The maximum atomic E-state index is 6.34. The van der Waals surface area contributed by atoms with E-state index in [2.05, 4.69) is 37.9 Å². The maximum Gasteiger partial charge on any atom is 0.0452 e. The highest BCUT2D eigenvalue weighted by Crippen LogP contribution is 2.26. The molecule has 1 N–H and O–H groups in total. The van der Waals surface area contributed by atoms with Crippen LogP contribution in [0.15, 0.2) is 18.2 Å². The Morgan fingerprint density at radius 1 is 1.19 bits per heavy atom. The van der Waals surface area contributed by atoms with Crippen LogP contribution in [0.25, 0.3) is 0 Å². The second-order valence-electron chi connectivity index (χ2n) is 6.74. The van der Waals surface area contributed by atoms with E-state index in [1.165, 1.54) is 0 Å². The highest BCUT2D eigenvalue weighted by molar-refractivity contribution is 6.33. The number of halogens is 2. The molecule has 0 spiro atoms. The summed E-state index contributed by atoms with van der Waals surface area (Å²) in [6.45, 7) is 12.1. The van der Waals surface area contributed by atoms with Gasteiger partial charge >= 0.3 is 0 Å². The van der Waals surface area contributed by atoms with E-state index in [1.807, 2.05) is 18.2 Å². The van der Waals surface area contributed by atoms with Crippen molar-refractivity contribution >= 4 is 23.2 Å². The summed E-state index contributed by atoms with van der Waals surface area (Å²) in [5.41, 5.74) is 1.12. The molecule has 0 bridgehead atoms. The Bertz CT molecular complexity index is 474. The number of rotatable bonds is 4. The topological polar surface area (TPSA) is 15.3 Å². The maximum absolute atomic E-state index is 6.34. The van der Waals surface area contributed by atoms with Crippen LogP contribution in [0, 0.1) is 11.8 Å². The van der Waals surface area contributed by atoms with Gasteiger partial charge < -0.3 is 5.32 Å². The highest BCUT2D eigenvalue weighted by Gasteiger charge is 2.31. The van der Waals surface area contributed by atoms with Gasteiger partial charge in [0.15, 0.2) is 0 Å². The molecule has 0 saturated carbocycles. The molecule has 0 aliphatic carbocycles. The Morgan fingerprint density at radius 3 is 2.52 bits per heavy atom. The van der Waals surface area contributed by atoms with Crippen molar-refractivity contribution in [2.24, 2.45) is 11.8 Å². The molecule has 1 aliphatic rings. The third-order valence-corrected chi connectivity index (χ3v) is 5.05. The van der Waals surface area contributed by atoms with E-state index < -0.39 is 0 Å². The standard InChI is InChI=1S/C17H26Cl2N2/c1-11(2)16-10-21(17(8-20-16)12(3)4)9-13-7-14(18)5-6-15(13)19/h5-7,11-12,16-17,20H,8-10H2,1-4H3. The first kappa shape index (κ1) is 17.1. The summed E-state index contributed by atoms with van der Waals surface area (Å²) in [6, 6.07) is 6.81. The smallest absolute Gasteiger partial charge is 0.0452 e. The summed E-state index contributed by atoms with van der Waals surface area (Å²) in [6.07, 6.45) is 0. The quantitative estimate of drug-likeness (QED) is 0.878. The van der Waals surface area contributed by atoms with Crippen LogP contribution in [0.2, 0.25) is 10.0 Å². The Hall–Kier alpha value is -0.280. The molecule has 1 saturated heterocycles. The van der Waals surface area contributed by atoms with Crippen molar-refractivity contribution in [3.05, 3.63) is 33.8 Å². The van der Waals surface area contributed by atoms with Gasteiger partial charge in [0, 0.05) is 41.8 Å². The van der Waals surface area contributed by atoms with Crippen LogP contribution < -0.4 is 5.32 Å². The Kier molecular flexibility index (Phi) is 5.96. The van der Waals surface area contributed by atoms with Crippen molar-refractivity contribution in [2.75, 3.05) is 13.1 Å². The Labute approximate surface area is 138 Å². The first-order valence-electron chi connectivity index (χ1n) is 7.79. The first-order valence-corrected chi connectivity index (χ1v) is 8.55. The fourth-order valence-electron chi connectivity index (χ4n) is 3.02. The Morgan fingerprint density at radius 2 is 1.90 bits per heavy atom. The molecule has 118 valence electrons. The fourth-order valence-corrected chi connectivity index (χ4v) is 3.39. The van der Waals surface area contributed by atoms with E-state index in [1.54, 1.807) is 0 Å². The predicted octanol–water partition coefficient (Wildman–Crippen LogP) is 4.45. The third kappa shape index (κ3) is 4.35. The minimum Gasteiger partial charge on any atom is -0.311 e. The number of nitrogens with one attached hydrogen (secondary N) is 1. The molecule has 1 heterocycles. The molecule has 1 aromatic rings. The predicted molar refractivity (Wildman–Crippen MR) is 92.1 cm³/mol. The fraction of sp³-hybridized carbons (Fsp3) is 0.647. The molecule has 2 unspecified atom stereocenters. The Balaban J connectivity index is 2.17. The summed E-state index contributed by atoms with van der Waals surface area (Å²) < 4.78 is 0. The highest BCUT2D eigenvalue weighted by atomic mass is 35.5. The zero-order valence-electron chi connectivity index (χ0n) is 13.4. The second-order valence-corrected chi connectivity index (χ2v) is 7.58. The summed E-state index contributed by atoms with van der Waals surface area (Å²) in [4.78, 5) is 2.56. The van der Waals surface area contributed by atoms with Gasteiger partial charge in [-0.2, -0.15) is 0 Å². The lowest BCUT2D eigenvalue weighted by Crippen LogP contribution is -2.59. The normalized spacial score (nSPS) is 24.0. The van der Waals surface area contributed by atoms with E-state index >= 15 is 0 Å². The average molecular weight is 329 g/mol. The van der Waals surface area contributed by atoms with Gasteiger partial charge in [-0.05, 0) is 35.6 Å². The zero-order chi connectivity index (χ0) is 15.6. The van der Waals surface area contributed by atoms with E-state index in [0.717, 1.165) is 35.2 Å². The second kappa shape index (κ2) is 7.32. The molecule has 0 amide bonds. The van der Waals surface area contributed by atoms with Crippen LogP contribution in [0.4, 0.5) is 0 Å². The van der Waals surface area contributed by atoms with Crippen LogP contribution in [0.3, 0.4) is 0 Å². The molecular formula is C17H26Cl2N2. The largest absolute Gasteiger partial charge is 0.311 e. The molecule has 2 rings (SSSR count). The van der Waals surface area contributed by atoms with Gasteiger partial charge in [-0.25, -0.2) is 0 Å². The number of hydrogen-bond donors (Lipinski definition) is 1. The van der Waals surface area contributed by atoms with Gasteiger partial charge in [0.2, 0.25) is 0 Å². The number of piperazine rings is 1. The minimum absolute atomic E-state index is 0.537. The molecule has 0 radical (unpaired) electrons. The minimum atomic E-state index is 0.537. The van der Waals surface area contributed by atoms with Crippen molar-refractivity contribution in [3.63, 3.8) is 0 Å². The van der Waals surface area contributed by atoms with Gasteiger partial charge in [-0.3, -0.25) is 4.90 Å². The van der Waals surface area contributed by atoms with E-state index in [9.17, 15) is 0 Å². The molecule has 2 nitrogen and oxygen atoms in total. The average Bonchev–Trinajstić information content (AvgIpc) is 2.42. The number of benzene rings is 1. The molecule has 4 heteroatoms. The molecule has 0 aromatic heterocycles. The van der Waals surface area contributed by atoms with Gasteiger partial charge in [-0.1, -0.05) is 50.9 Å². The van der Waals surface area contributed by atoms with Crippen molar-refractivity contribution < 1.29 is 0 Å². The van der Waals surface area contributed by atoms with Crippen molar-refractivity contribution in [1.82, 2.24) is 10.2 Å². The molecular weight excluding hydrogens is 303 g/mol. The van der Waals surface area contributed by atoms with Gasteiger partial charge in [0.1, 0.15) is 0 Å². The van der Waals surface area contributed by atoms with Crippen LogP contribution in [-0.2, 0) is 6.54 Å². The summed E-state index contributed by atoms with van der Waals surface area (Å²) >= 11 is 12.5. The van der Waals surface area contributed by atoms with Crippen molar-refractivity contribution in [1.29, 1.82) is 0 Å².